The quantitative estimate of drug-likeness (QED) is 0.333. The van der Waals surface area contributed by atoms with Crippen molar-refractivity contribution in [3.8, 4) is 17.2 Å². The topological polar surface area (TPSA) is 94.8 Å². The summed E-state index contributed by atoms with van der Waals surface area (Å²) in [5, 5.41) is 3.39. The number of methoxy groups -OCH3 is 2. The molecular formula is C29H25Cl2FN4O5. The molecule has 9 nitrogen and oxygen atoms in total. The first kappa shape index (κ1) is 28.3. The van der Waals surface area contributed by atoms with Crippen LogP contribution in [0, 0.1) is 5.82 Å². The van der Waals surface area contributed by atoms with E-state index in [-0.39, 0.29) is 48.6 Å². The van der Waals surface area contributed by atoms with Crippen LogP contribution in [0.5, 0.6) is 11.5 Å². The molecule has 2 heterocycles. The number of carbonyl (C=O) groups is 2. The van der Waals surface area contributed by atoms with Gasteiger partial charge in [-0.1, -0.05) is 29.3 Å². The molecule has 1 aliphatic heterocycles. The summed E-state index contributed by atoms with van der Waals surface area (Å²) in [7, 11) is 2.88. The average molecular weight is 599 g/mol. The van der Waals surface area contributed by atoms with Gasteiger partial charge >= 0.3 is 5.69 Å². The number of aromatic nitrogens is 2. The predicted octanol–water partition coefficient (Wildman–Crippen LogP) is 4.69. The zero-order valence-corrected chi connectivity index (χ0v) is 23.6. The van der Waals surface area contributed by atoms with E-state index in [1.807, 2.05) is 0 Å². The first-order valence-electron chi connectivity index (χ1n) is 12.6. The van der Waals surface area contributed by atoms with Gasteiger partial charge < -0.3 is 19.7 Å². The molecule has 2 amide bonds. The maximum Gasteiger partial charge on any atom is 0.333 e. The van der Waals surface area contributed by atoms with Crippen molar-refractivity contribution in [1.82, 2.24) is 19.4 Å². The lowest BCUT2D eigenvalue weighted by Gasteiger charge is -2.28. The van der Waals surface area contributed by atoms with E-state index in [0.29, 0.717) is 33.3 Å². The Hall–Kier alpha value is -4.28. The number of hydrogen-bond donors (Lipinski definition) is 1. The summed E-state index contributed by atoms with van der Waals surface area (Å²) in [4.78, 5) is 42.3. The van der Waals surface area contributed by atoms with Crippen molar-refractivity contribution >= 4 is 35.0 Å². The summed E-state index contributed by atoms with van der Waals surface area (Å²) in [5.74, 6) is -0.753. The molecule has 0 radical (unpaired) electrons. The molecule has 3 aromatic carbocycles. The van der Waals surface area contributed by atoms with Gasteiger partial charge in [-0.15, -0.1) is 0 Å². The van der Waals surface area contributed by atoms with Crippen LogP contribution in [0.2, 0.25) is 10.0 Å². The van der Waals surface area contributed by atoms with Gasteiger partial charge in [0.05, 0.1) is 42.2 Å². The van der Waals surface area contributed by atoms with Crippen molar-refractivity contribution in [2.45, 2.75) is 19.6 Å². The van der Waals surface area contributed by atoms with Crippen LogP contribution < -0.4 is 20.5 Å². The van der Waals surface area contributed by atoms with Crippen molar-refractivity contribution in [2.24, 2.45) is 0 Å². The molecule has 41 heavy (non-hydrogen) atoms. The third-order valence-electron chi connectivity index (χ3n) is 6.85. The van der Waals surface area contributed by atoms with Gasteiger partial charge in [0.2, 0.25) is 0 Å². The minimum atomic E-state index is -0.543. The van der Waals surface area contributed by atoms with E-state index in [1.54, 1.807) is 41.3 Å². The van der Waals surface area contributed by atoms with E-state index in [1.165, 1.54) is 47.6 Å². The van der Waals surface area contributed by atoms with E-state index < -0.39 is 17.4 Å². The number of rotatable bonds is 7. The maximum absolute atomic E-state index is 13.9. The summed E-state index contributed by atoms with van der Waals surface area (Å²) in [6, 6.07) is 15.6. The molecule has 0 bridgehead atoms. The lowest BCUT2D eigenvalue weighted by Crippen LogP contribution is -2.41. The van der Waals surface area contributed by atoms with E-state index in [2.05, 4.69) is 5.32 Å². The summed E-state index contributed by atoms with van der Waals surface area (Å²) in [6.07, 6.45) is 0. The Morgan fingerprint density at radius 1 is 0.951 bits per heavy atom. The molecule has 12 heteroatoms. The van der Waals surface area contributed by atoms with Gasteiger partial charge in [-0.05, 0) is 60.2 Å². The number of hydrogen-bond acceptors (Lipinski definition) is 5. The molecule has 5 rings (SSSR count). The fourth-order valence-electron chi connectivity index (χ4n) is 4.73. The van der Waals surface area contributed by atoms with E-state index in [9.17, 15) is 18.8 Å². The van der Waals surface area contributed by atoms with Crippen molar-refractivity contribution in [3.05, 3.63) is 110 Å². The molecule has 1 aromatic heterocycles. The van der Waals surface area contributed by atoms with Crippen LogP contribution in [0.1, 0.15) is 32.1 Å². The summed E-state index contributed by atoms with van der Waals surface area (Å²) in [6.45, 7) is 0.474. The lowest BCUT2D eigenvalue weighted by atomic mass is 10.1. The number of amides is 2. The molecule has 1 N–H and O–H groups in total. The number of nitrogens with zero attached hydrogens (tertiary/aromatic N) is 3. The molecular weight excluding hydrogens is 574 g/mol. The first-order valence-corrected chi connectivity index (χ1v) is 13.3. The van der Waals surface area contributed by atoms with Crippen LogP contribution in [0.3, 0.4) is 0 Å². The standard InChI is InChI=1S/C29H25Cl2FN4O5/c1-40-20-7-5-19(6-8-20)36-26(27(37)33-15-17-3-10-23(32)25(13-17)41-2)24-16-34(11-12-35(24)29(36)39)28(38)18-4-9-21(30)22(31)14-18/h3-10,13-14H,11-12,15-16H2,1-2H3,(H,33,37). The van der Waals surface area contributed by atoms with Gasteiger partial charge in [0, 0.05) is 25.2 Å². The Morgan fingerprint density at radius 3 is 2.39 bits per heavy atom. The van der Waals surface area contributed by atoms with Gasteiger partial charge in [0.15, 0.2) is 11.6 Å². The molecule has 0 fully saturated rings. The highest BCUT2D eigenvalue weighted by atomic mass is 35.5. The van der Waals surface area contributed by atoms with Crippen molar-refractivity contribution in [2.75, 3.05) is 20.8 Å². The number of nitrogens with one attached hydrogen (secondary N) is 1. The fourth-order valence-corrected chi connectivity index (χ4v) is 5.03. The van der Waals surface area contributed by atoms with Gasteiger partial charge in [-0.25, -0.2) is 9.18 Å². The van der Waals surface area contributed by atoms with Crippen molar-refractivity contribution in [3.63, 3.8) is 0 Å². The third-order valence-corrected chi connectivity index (χ3v) is 7.59. The number of benzene rings is 3. The number of imidazole rings is 1. The van der Waals surface area contributed by atoms with Gasteiger partial charge in [0.25, 0.3) is 11.8 Å². The van der Waals surface area contributed by atoms with Gasteiger partial charge in [-0.3, -0.25) is 18.7 Å². The van der Waals surface area contributed by atoms with E-state index in [0.717, 1.165) is 0 Å². The highest BCUT2D eigenvalue weighted by Crippen LogP contribution is 2.26. The Bertz CT molecular complexity index is 1700. The molecule has 4 aromatic rings. The van der Waals surface area contributed by atoms with Crippen LogP contribution in [-0.2, 0) is 19.6 Å². The third kappa shape index (κ3) is 5.53. The summed E-state index contributed by atoms with van der Waals surface area (Å²) < 4.78 is 27.0. The van der Waals surface area contributed by atoms with Crippen LogP contribution in [0.15, 0.2) is 65.5 Å². The van der Waals surface area contributed by atoms with Crippen LogP contribution in [0.4, 0.5) is 4.39 Å². The molecule has 0 saturated carbocycles. The SMILES string of the molecule is COc1ccc(-n2c(C(=O)NCc3ccc(F)c(OC)c3)c3n(c2=O)CCN(C(=O)c2ccc(Cl)c(Cl)c2)C3)cc1. The highest BCUT2D eigenvalue weighted by Gasteiger charge is 2.32. The number of halogens is 3. The zero-order valence-electron chi connectivity index (χ0n) is 22.1. The van der Waals surface area contributed by atoms with Crippen molar-refractivity contribution in [1.29, 1.82) is 0 Å². The molecule has 212 valence electrons. The maximum atomic E-state index is 13.9. The van der Waals surface area contributed by atoms with E-state index in [4.69, 9.17) is 32.7 Å². The number of fused-ring (bicyclic) bond motifs is 1. The van der Waals surface area contributed by atoms with Gasteiger partial charge in [0.1, 0.15) is 11.4 Å². The Balaban J connectivity index is 1.52. The van der Waals surface area contributed by atoms with Crippen molar-refractivity contribution < 1.29 is 23.5 Å². The Labute approximate surface area is 244 Å². The normalized spacial score (nSPS) is 12.6. The molecule has 0 aliphatic carbocycles. The molecule has 0 atom stereocenters. The Kier molecular flexibility index (Phi) is 8.05. The first-order chi connectivity index (χ1) is 19.7. The molecule has 0 spiro atoms. The van der Waals surface area contributed by atoms with Crippen LogP contribution in [-0.4, -0.2) is 46.6 Å². The molecule has 1 aliphatic rings. The monoisotopic (exact) mass is 598 g/mol. The van der Waals surface area contributed by atoms with Crippen LogP contribution in [0.25, 0.3) is 5.69 Å². The Morgan fingerprint density at radius 2 is 1.71 bits per heavy atom. The van der Waals surface area contributed by atoms with Gasteiger partial charge in [-0.2, -0.15) is 0 Å². The summed E-state index contributed by atoms with van der Waals surface area (Å²) in [5.41, 5.74) is 1.43. The largest absolute Gasteiger partial charge is 0.497 e. The smallest absolute Gasteiger partial charge is 0.333 e. The summed E-state index contributed by atoms with van der Waals surface area (Å²) >= 11 is 12.1. The second-order valence-electron chi connectivity index (χ2n) is 9.27. The zero-order chi connectivity index (χ0) is 29.3. The fraction of sp³-hybridized carbons (Fsp3) is 0.207. The second-order valence-corrected chi connectivity index (χ2v) is 10.1. The predicted molar refractivity (Wildman–Crippen MR) is 152 cm³/mol. The average Bonchev–Trinajstić information content (AvgIpc) is 3.29. The van der Waals surface area contributed by atoms with Crippen LogP contribution >= 0.6 is 23.2 Å². The molecule has 0 saturated heterocycles. The molecule has 0 unspecified atom stereocenters. The minimum absolute atomic E-state index is 0.00456. The highest BCUT2D eigenvalue weighted by molar-refractivity contribution is 6.42. The number of carbonyl (C=O) groups excluding carboxylic acids is 2. The lowest BCUT2D eigenvalue weighted by molar-refractivity contribution is 0.0706. The second kappa shape index (κ2) is 11.7. The minimum Gasteiger partial charge on any atom is -0.497 e. The number of ether oxygens (including phenoxy) is 2. The van der Waals surface area contributed by atoms with E-state index >= 15 is 0 Å².